The first-order chi connectivity index (χ1) is 12.2. The molecule has 2 aromatic rings. The van der Waals surface area contributed by atoms with Crippen molar-refractivity contribution in [3.8, 4) is 11.8 Å². The Morgan fingerprint density at radius 1 is 1.31 bits per heavy atom. The van der Waals surface area contributed by atoms with E-state index >= 15 is 0 Å². The Morgan fingerprint density at radius 3 is 2.69 bits per heavy atom. The van der Waals surface area contributed by atoms with E-state index in [4.69, 9.17) is 16.9 Å². The number of rotatable bonds is 5. The summed E-state index contributed by atoms with van der Waals surface area (Å²) >= 11 is 5.73. The molecule has 1 heterocycles. The lowest BCUT2D eigenvalue weighted by Gasteiger charge is -2.17. The number of carbonyl (C=O) groups is 2. The summed E-state index contributed by atoms with van der Waals surface area (Å²) in [6.45, 7) is 3.14. The summed E-state index contributed by atoms with van der Waals surface area (Å²) in [5, 5.41) is 24.0. The van der Waals surface area contributed by atoms with Crippen molar-refractivity contribution in [1.82, 2.24) is 10.3 Å². The van der Waals surface area contributed by atoms with Crippen LogP contribution in [-0.2, 0) is 11.2 Å². The Morgan fingerprint density at radius 2 is 2.04 bits per heavy atom. The van der Waals surface area contributed by atoms with Crippen molar-refractivity contribution in [2.24, 2.45) is 0 Å². The molecule has 0 aliphatic carbocycles. The fraction of sp³-hybridized carbons (Fsp3) is 0.222. The number of halogens is 1. The Hall–Kier alpha value is -3.11. The number of amides is 2. The van der Waals surface area contributed by atoms with E-state index in [1.807, 2.05) is 6.07 Å². The third kappa shape index (κ3) is 5.19. The SMILES string of the molecule is CC(C)(C#N)NC(=O)c1cc(NC(=O)Cc2ccc(Cl)c(O)c2)ccn1. The van der Waals surface area contributed by atoms with Crippen molar-refractivity contribution in [2.45, 2.75) is 25.8 Å². The number of pyridine rings is 1. The van der Waals surface area contributed by atoms with E-state index in [-0.39, 0.29) is 28.8 Å². The number of nitrogens with one attached hydrogen (secondary N) is 2. The number of aromatic nitrogens is 1. The second-order valence-corrected chi connectivity index (χ2v) is 6.54. The van der Waals surface area contributed by atoms with Crippen LogP contribution in [0.1, 0.15) is 29.9 Å². The second kappa shape index (κ2) is 7.85. The Balaban J connectivity index is 2.05. The zero-order valence-corrected chi connectivity index (χ0v) is 15.0. The van der Waals surface area contributed by atoms with E-state index in [0.717, 1.165) is 0 Å². The Labute approximate surface area is 155 Å². The van der Waals surface area contributed by atoms with Gasteiger partial charge in [0, 0.05) is 11.9 Å². The maximum absolute atomic E-state index is 12.1. The summed E-state index contributed by atoms with van der Waals surface area (Å²) in [4.78, 5) is 28.2. The van der Waals surface area contributed by atoms with Crippen LogP contribution in [0, 0.1) is 11.3 Å². The van der Waals surface area contributed by atoms with Crippen LogP contribution in [0.15, 0.2) is 36.5 Å². The number of anilines is 1. The molecule has 0 radical (unpaired) electrons. The number of nitrogens with zero attached hydrogens (tertiary/aromatic N) is 2. The topological polar surface area (TPSA) is 115 Å². The minimum atomic E-state index is -1.03. The van der Waals surface area contributed by atoms with Crippen molar-refractivity contribution >= 4 is 29.1 Å². The van der Waals surface area contributed by atoms with Gasteiger partial charge in [-0.15, -0.1) is 0 Å². The number of phenols is 1. The summed E-state index contributed by atoms with van der Waals surface area (Å²) in [7, 11) is 0. The van der Waals surface area contributed by atoms with Crippen molar-refractivity contribution in [2.75, 3.05) is 5.32 Å². The standard InChI is InChI=1S/C18H17ClN4O3/c1-18(2,10-20)23-17(26)14-9-12(5-6-21-14)22-16(25)8-11-3-4-13(19)15(24)7-11/h3-7,9,24H,8H2,1-2H3,(H,23,26)(H,21,22,25). The maximum Gasteiger partial charge on any atom is 0.271 e. The molecule has 0 saturated carbocycles. The van der Waals surface area contributed by atoms with Crippen molar-refractivity contribution in [1.29, 1.82) is 5.26 Å². The molecule has 0 bridgehead atoms. The first-order valence-corrected chi connectivity index (χ1v) is 8.05. The molecule has 2 rings (SSSR count). The molecule has 1 aromatic carbocycles. The summed E-state index contributed by atoms with van der Waals surface area (Å²) < 4.78 is 0. The van der Waals surface area contributed by atoms with Crippen molar-refractivity contribution in [3.63, 3.8) is 0 Å². The number of hydrogen-bond donors (Lipinski definition) is 3. The van der Waals surface area contributed by atoms with Gasteiger partial charge in [-0.1, -0.05) is 17.7 Å². The Bertz CT molecular complexity index is 890. The number of nitriles is 1. The predicted octanol–water partition coefficient (Wildman–Crippen LogP) is 2.65. The molecule has 0 aliphatic rings. The number of carbonyl (C=O) groups excluding carboxylic acids is 2. The van der Waals surface area contributed by atoms with Crippen LogP contribution in [0.3, 0.4) is 0 Å². The van der Waals surface area contributed by atoms with Gasteiger partial charge in [-0.2, -0.15) is 5.26 Å². The molecule has 1 aromatic heterocycles. The monoisotopic (exact) mass is 372 g/mol. The zero-order valence-electron chi connectivity index (χ0n) is 14.2. The largest absolute Gasteiger partial charge is 0.506 e. The van der Waals surface area contributed by atoms with Gasteiger partial charge in [0.2, 0.25) is 5.91 Å². The van der Waals surface area contributed by atoms with Gasteiger partial charge < -0.3 is 15.7 Å². The molecule has 0 spiro atoms. The van der Waals surface area contributed by atoms with E-state index < -0.39 is 11.4 Å². The van der Waals surface area contributed by atoms with Crippen LogP contribution in [0.2, 0.25) is 5.02 Å². The second-order valence-electron chi connectivity index (χ2n) is 6.13. The van der Waals surface area contributed by atoms with Crippen molar-refractivity contribution in [3.05, 3.63) is 52.8 Å². The summed E-state index contributed by atoms with van der Waals surface area (Å²) in [5.41, 5.74) is 0.0276. The number of benzene rings is 1. The Kier molecular flexibility index (Phi) is 5.80. The van der Waals surface area contributed by atoms with Gasteiger partial charge in [-0.25, -0.2) is 0 Å². The van der Waals surface area contributed by atoms with Crippen LogP contribution < -0.4 is 10.6 Å². The highest BCUT2D eigenvalue weighted by atomic mass is 35.5. The first-order valence-electron chi connectivity index (χ1n) is 7.67. The van der Waals surface area contributed by atoms with E-state index in [0.29, 0.717) is 11.3 Å². The highest BCUT2D eigenvalue weighted by Gasteiger charge is 2.21. The molecule has 3 N–H and O–H groups in total. The molecule has 0 saturated heterocycles. The zero-order chi connectivity index (χ0) is 19.3. The maximum atomic E-state index is 12.1. The molecule has 7 nitrogen and oxygen atoms in total. The quantitative estimate of drug-likeness (QED) is 0.746. The normalized spacial score (nSPS) is 10.7. The molecule has 0 unspecified atom stereocenters. The molecular formula is C18H17ClN4O3. The molecular weight excluding hydrogens is 356 g/mol. The van der Waals surface area contributed by atoms with E-state index in [2.05, 4.69) is 15.6 Å². The summed E-state index contributed by atoms with van der Waals surface area (Å²) in [6, 6.07) is 9.48. The third-order valence-electron chi connectivity index (χ3n) is 3.36. The molecule has 134 valence electrons. The summed E-state index contributed by atoms with van der Waals surface area (Å²) in [6.07, 6.45) is 1.41. The van der Waals surface area contributed by atoms with Gasteiger partial charge in [-0.05, 0) is 43.7 Å². The predicted molar refractivity (Wildman–Crippen MR) is 96.8 cm³/mol. The van der Waals surface area contributed by atoms with Crippen LogP contribution in [0.5, 0.6) is 5.75 Å². The van der Waals surface area contributed by atoms with Gasteiger partial charge in [0.15, 0.2) is 0 Å². The first kappa shape index (κ1) is 19.2. The van der Waals surface area contributed by atoms with E-state index in [1.165, 1.54) is 24.4 Å². The number of phenolic OH excluding ortho intramolecular Hbond substituents is 1. The van der Waals surface area contributed by atoms with Gasteiger partial charge in [0.25, 0.3) is 5.91 Å². The van der Waals surface area contributed by atoms with Crippen LogP contribution in [-0.4, -0.2) is 27.4 Å². The lowest BCUT2D eigenvalue weighted by Crippen LogP contribution is -2.42. The average Bonchev–Trinajstić information content (AvgIpc) is 2.58. The number of aromatic hydroxyl groups is 1. The average molecular weight is 373 g/mol. The van der Waals surface area contributed by atoms with Crippen LogP contribution >= 0.6 is 11.6 Å². The lowest BCUT2D eigenvalue weighted by molar-refractivity contribution is -0.115. The molecule has 2 amide bonds. The van der Waals surface area contributed by atoms with E-state index in [9.17, 15) is 14.7 Å². The molecule has 0 aliphatic heterocycles. The molecule has 0 atom stereocenters. The van der Waals surface area contributed by atoms with Crippen molar-refractivity contribution < 1.29 is 14.7 Å². The van der Waals surface area contributed by atoms with Crippen LogP contribution in [0.4, 0.5) is 5.69 Å². The number of hydrogen-bond acceptors (Lipinski definition) is 5. The van der Waals surface area contributed by atoms with Gasteiger partial charge in [0.1, 0.15) is 17.0 Å². The fourth-order valence-electron chi connectivity index (χ4n) is 2.07. The minimum Gasteiger partial charge on any atom is -0.506 e. The third-order valence-corrected chi connectivity index (χ3v) is 3.68. The van der Waals surface area contributed by atoms with Gasteiger partial charge in [-0.3, -0.25) is 14.6 Å². The van der Waals surface area contributed by atoms with Gasteiger partial charge in [0.05, 0.1) is 17.5 Å². The lowest BCUT2D eigenvalue weighted by atomic mass is 10.1. The highest BCUT2D eigenvalue weighted by Crippen LogP contribution is 2.24. The van der Waals surface area contributed by atoms with Crippen LogP contribution in [0.25, 0.3) is 0 Å². The smallest absolute Gasteiger partial charge is 0.271 e. The molecule has 26 heavy (non-hydrogen) atoms. The minimum absolute atomic E-state index is 0.0239. The van der Waals surface area contributed by atoms with E-state index in [1.54, 1.807) is 26.0 Å². The highest BCUT2D eigenvalue weighted by molar-refractivity contribution is 6.32. The van der Waals surface area contributed by atoms with Gasteiger partial charge >= 0.3 is 0 Å². The molecule has 0 fully saturated rings. The fourth-order valence-corrected chi connectivity index (χ4v) is 2.18. The molecule has 8 heteroatoms. The summed E-state index contributed by atoms with van der Waals surface area (Å²) in [5.74, 6) is -0.947.